The van der Waals surface area contributed by atoms with Crippen LogP contribution in [0.25, 0.3) is 67.0 Å². The van der Waals surface area contributed by atoms with E-state index in [-0.39, 0.29) is 0 Å². The Morgan fingerprint density at radius 3 is 1.20 bits per heavy atom. The lowest BCUT2D eigenvalue weighted by Crippen LogP contribution is -1.92. The molecule has 0 unspecified atom stereocenters. The lowest BCUT2D eigenvalue weighted by molar-refractivity contribution is 1.05. The largest absolute Gasteiger partial charge is 0.264 e. The predicted molar refractivity (Wildman–Crippen MR) is 438 cm³/mol. The second-order valence-corrected chi connectivity index (χ2v) is 25.4. The fourth-order valence-electron chi connectivity index (χ4n) is 13.5. The van der Waals surface area contributed by atoms with Crippen molar-refractivity contribution in [3.05, 3.63) is 311 Å². The smallest absolute Gasteiger partial charge is 0.0743 e. The topological polar surface area (TPSA) is 90.2 Å². The molecule has 0 saturated heterocycles. The number of aryl methyl sites for hydroxylation is 12. The third-order valence-electron chi connectivity index (χ3n) is 19.3. The van der Waals surface area contributed by atoms with Gasteiger partial charge in [0.1, 0.15) is 0 Å². The highest BCUT2D eigenvalue weighted by Gasteiger charge is 2.25. The van der Waals surface area contributed by atoms with Crippen molar-refractivity contribution in [3.8, 4) is 67.0 Å². The molecule has 12 aromatic rings. The van der Waals surface area contributed by atoms with Crippen molar-refractivity contribution < 1.29 is 0 Å². The summed E-state index contributed by atoms with van der Waals surface area (Å²) in [6.07, 6.45) is 17.5. The van der Waals surface area contributed by atoms with E-state index in [0.29, 0.717) is 0 Å². The molecule has 0 fully saturated rings. The number of hydrogen-bond acceptors (Lipinski definition) is 7. The lowest BCUT2D eigenvalue weighted by Gasteiger charge is -2.05. The molecule has 102 heavy (non-hydrogen) atoms. The fraction of sp³-hybridized carbons (Fsp3) is 0.316. The van der Waals surface area contributed by atoms with Gasteiger partial charge in [-0.15, -0.1) is 0 Å². The molecular weight excluding hydrogens is 1240 g/mol. The number of nitrogens with zero attached hydrogens (tertiary/aromatic N) is 7. The van der Waals surface area contributed by atoms with Crippen molar-refractivity contribution in [1.29, 1.82) is 0 Å². The normalized spacial score (nSPS) is 11.3. The molecule has 7 aromatic heterocycles. The van der Waals surface area contributed by atoms with Crippen molar-refractivity contribution in [3.63, 3.8) is 0 Å². The molecule has 0 bridgehead atoms. The molecule has 0 aliphatic heterocycles. The zero-order valence-electron chi connectivity index (χ0n) is 66.1. The molecule has 0 atom stereocenters. The molecule has 0 spiro atoms. The number of pyridine rings is 7. The minimum Gasteiger partial charge on any atom is -0.264 e. The third-order valence-corrected chi connectivity index (χ3v) is 19.3. The highest BCUT2D eigenvalue weighted by molar-refractivity contribution is 5.80. The third kappa shape index (κ3) is 17.9. The first-order valence-electron chi connectivity index (χ1n) is 37.7. The first kappa shape index (κ1) is 79.5. The molecule has 0 saturated carbocycles. The molecule has 7 nitrogen and oxygen atoms in total. The van der Waals surface area contributed by atoms with Gasteiger partial charge in [0.15, 0.2) is 0 Å². The minimum atomic E-state index is 0.953. The number of benzene rings is 5. The quantitative estimate of drug-likeness (QED) is 0.149. The molecule has 5 aromatic carbocycles. The average molecular weight is 1350 g/mol. The van der Waals surface area contributed by atoms with E-state index < -0.39 is 0 Å². The van der Waals surface area contributed by atoms with E-state index in [4.69, 9.17) is 4.98 Å². The van der Waals surface area contributed by atoms with Gasteiger partial charge in [-0.05, 0) is 248 Å². The minimum absolute atomic E-state index is 0.953. The molecule has 0 N–H and O–H groups in total. The summed E-state index contributed by atoms with van der Waals surface area (Å²) in [5, 5.41) is 0. The van der Waals surface area contributed by atoms with Gasteiger partial charge in [0, 0.05) is 126 Å². The Hall–Kier alpha value is -9.85. The van der Waals surface area contributed by atoms with Gasteiger partial charge >= 0.3 is 0 Å². The zero-order chi connectivity index (χ0) is 74.5. The van der Waals surface area contributed by atoms with Crippen molar-refractivity contribution in [2.75, 3.05) is 0 Å². The summed E-state index contributed by atoms with van der Waals surface area (Å²) in [5.74, 6) is 0. The van der Waals surface area contributed by atoms with Crippen molar-refractivity contribution in [1.82, 2.24) is 34.9 Å². The van der Waals surface area contributed by atoms with Crippen LogP contribution < -0.4 is 0 Å². The SMILES string of the molecule is CC.CC.CC.CC.CC.CC.Cc1cc2c(cc1C)-c1cccnc1C2.Cc1cc2c(cc1C)-c1ccncc1C2.Cc1cc2c(cc1C)-c1ncccc1C2.Cc1cc2c(nc1C)-c1ccccc1C2.Cc1cc2c(nc1C)Cc1ccccc1-2.Cc1cc2c(nc1C)Cc1ccncc1-2. The predicted octanol–water partition coefficient (Wildman–Crippen LogP) is 25.2. The Kier molecular flexibility index (Phi) is 29.4. The van der Waals surface area contributed by atoms with Crippen molar-refractivity contribution in [2.45, 2.75) is 205 Å². The maximum atomic E-state index is 4.69. The maximum Gasteiger partial charge on any atom is 0.0743 e. The van der Waals surface area contributed by atoms with Gasteiger partial charge in [-0.1, -0.05) is 180 Å². The van der Waals surface area contributed by atoms with Gasteiger partial charge in [-0.25, -0.2) is 0 Å². The van der Waals surface area contributed by atoms with E-state index in [9.17, 15) is 0 Å². The van der Waals surface area contributed by atoms with Crippen LogP contribution in [-0.2, 0) is 38.5 Å². The van der Waals surface area contributed by atoms with Gasteiger partial charge in [-0.3, -0.25) is 34.9 Å². The van der Waals surface area contributed by atoms with Crippen molar-refractivity contribution >= 4 is 0 Å². The highest BCUT2D eigenvalue weighted by Crippen LogP contribution is 2.42. The molecule has 7 heterocycles. The molecular formula is C95H113N7. The monoisotopic (exact) mass is 1350 g/mol. The summed E-state index contributed by atoms with van der Waals surface area (Å²) >= 11 is 0. The van der Waals surface area contributed by atoms with Crippen LogP contribution in [0.4, 0.5) is 0 Å². The Morgan fingerprint density at radius 1 is 0.216 bits per heavy atom. The molecule has 0 amide bonds. The summed E-state index contributed by atoms with van der Waals surface area (Å²) in [6.45, 7) is 49.6. The summed E-state index contributed by atoms with van der Waals surface area (Å²) in [7, 11) is 0. The number of fused-ring (bicyclic) bond motifs is 18. The van der Waals surface area contributed by atoms with E-state index in [2.05, 4.69) is 240 Å². The molecule has 6 aliphatic carbocycles. The fourth-order valence-corrected chi connectivity index (χ4v) is 13.5. The number of aromatic nitrogens is 7. The van der Waals surface area contributed by atoms with Gasteiger partial charge in [0.25, 0.3) is 0 Å². The van der Waals surface area contributed by atoms with Crippen LogP contribution >= 0.6 is 0 Å². The van der Waals surface area contributed by atoms with Gasteiger partial charge in [0.2, 0.25) is 0 Å². The van der Waals surface area contributed by atoms with Crippen LogP contribution in [0.1, 0.15) is 217 Å². The second kappa shape index (κ2) is 37.7. The van der Waals surface area contributed by atoms with E-state index in [1.54, 1.807) is 0 Å². The Bertz CT molecular complexity index is 4030. The molecule has 0 radical (unpaired) electrons. The molecule has 6 aliphatic rings. The Morgan fingerprint density at radius 2 is 0.588 bits per heavy atom. The van der Waals surface area contributed by atoms with Gasteiger partial charge in [-0.2, -0.15) is 0 Å². The zero-order valence-corrected chi connectivity index (χ0v) is 66.1. The second-order valence-electron chi connectivity index (χ2n) is 25.4. The van der Waals surface area contributed by atoms with Crippen LogP contribution in [0.2, 0.25) is 0 Å². The average Bonchev–Trinajstić information content (AvgIpc) is 1.70. The van der Waals surface area contributed by atoms with Crippen LogP contribution in [0.15, 0.2) is 177 Å². The van der Waals surface area contributed by atoms with Crippen LogP contribution in [0.5, 0.6) is 0 Å². The highest BCUT2D eigenvalue weighted by atomic mass is 14.7. The number of rotatable bonds is 0. The van der Waals surface area contributed by atoms with E-state index in [1.165, 1.54) is 184 Å². The van der Waals surface area contributed by atoms with Gasteiger partial charge < -0.3 is 0 Å². The maximum absolute atomic E-state index is 4.69. The van der Waals surface area contributed by atoms with E-state index >= 15 is 0 Å². The molecule has 528 valence electrons. The Labute approximate surface area is 614 Å². The summed E-state index contributed by atoms with van der Waals surface area (Å²) in [4.78, 5) is 31.3. The molecule has 7 heteroatoms. The first-order chi connectivity index (χ1) is 49.5. The summed E-state index contributed by atoms with van der Waals surface area (Å²) < 4.78 is 0. The van der Waals surface area contributed by atoms with E-state index in [1.807, 2.05) is 132 Å². The number of hydrogen-bond donors (Lipinski definition) is 0. The summed E-state index contributed by atoms with van der Waals surface area (Å²) in [6, 6.07) is 50.3. The lowest BCUT2D eigenvalue weighted by atomic mass is 10.00. The van der Waals surface area contributed by atoms with Gasteiger partial charge in [0.05, 0.1) is 28.5 Å². The standard InChI is InChI=1S/5C14H13N.C13H12N2.6C2H6/c1-9-5-11-7-12-8-15-4-3-13(12)14(11)6-10(9)2;1-9-6-11-8-14-12(4-3-5-15-14)13(11)7-10(9)2;1-9-6-12-8-11-4-3-5-15-14(11)13(12)7-10(9)2;1-9-7-12-8-11-5-3-4-6-13(11)14(12)15-10(9)2;1-9-7-13-12-6-4-3-5-11(12)8-14(13)15-10(9)2;1-8-5-11-12-7-14-4-3-10(12)6-13(11)15-9(8)2;6*1-2/h3-6,8H,7H2,1-2H3;4*3-7H,8H2,1-2H3;3-5,7H,6H2,1-2H3;6*1-2H3. The van der Waals surface area contributed by atoms with Crippen molar-refractivity contribution in [2.24, 2.45) is 0 Å². The molecule has 18 rings (SSSR count). The summed E-state index contributed by atoms with van der Waals surface area (Å²) in [5.41, 5.74) is 47.4. The first-order valence-corrected chi connectivity index (χ1v) is 37.7. The Balaban J connectivity index is 0.000000166. The van der Waals surface area contributed by atoms with E-state index in [0.717, 1.165) is 55.6 Å². The van der Waals surface area contributed by atoms with Crippen LogP contribution in [0, 0.1) is 83.1 Å². The van der Waals surface area contributed by atoms with Crippen LogP contribution in [-0.4, -0.2) is 34.9 Å². The van der Waals surface area contributed by atoms with Crippen LogP contribution in [0.3, 0.4) is 0 Å².